The summed E-state index contributed by atoms with van der Waals surface area (Å²) in [6, 6.07) is 14.3. The van der Waals surface area contributed by atoms with E-state index < -0.39 is 0 Å². The van der Waals surface area contributed by atoms with Crippen molar-refractivity contribution in [1.29, 1.82) is 0 Å². The number of carbonyl (C=O) groups excluding carboxylic acids is 1. The maximum Gasteiger partial charge on any atom is 0.323 e. The molecule has 3 N–H and O–H groups in total. The summed E-state index contributed by atoms with van der Waals surface area (Å²) in [5, 5.41) is 9.63. The first-order valence-corrected chi connectivity index (χ1v) is 8.16. The third-order valence-corrected chi connectivity index (χ3v) is 3.44. The molecule has 7 heteroatoms. The standard InChI is InChI=1S/C19H20N4O3/c1-14-4-2-5-16(12-14)22-19(24)21-15-7-9-17(10-8-15)26-18-6-3-11-25-13-20-23-18/h2-10,12,20H,11,13H2,1H3,(H2,21,22,24)/b6-3-,23-18+. The van der Waals surface area contributed by atoms with Crippen LogP contribution in [-0.4, -0.2) is 25.3 Å². The molecule has 0 fully saturated rings. The van der Waals surface area contributed by atoms with Gasteiger partial charge in [-0.2, -0.15) is 0 Å². The minimum absolute atomic E-state index is 0.305. The van der Waals surface area contributed by atoms with E-state index in [9.17, 15) is 4.79 Å². The maximum absolute atomic E-state index is 12.1. The van der Waals surface area contributed by atoms with E-state index in [4.69, 9.17) is 9.47 Å². The van der Waals surface area contributed by atoms with E-state index in [1.807, 2.05) is 37.3 Å². The van der Waals surface area contributed by atoms with E-state index in [0.717, 1.165) is 11.3 Å². The molecule has 0 bridgehead atoms. The van der Waals surface area contributed by atoms with Crippen LogP contribution in [0.4, 0.5) is 16.2 Å². The first kappa shape index (κ1) is 17.5. The number of carbonyl (C=O) groups is 1. The van der Waals surface area contributed by atoms with Crippen molar-refractivity contribution in [2.45, 2.75) is 6.92 Å². The van der Waals surface area contributed by atoms with Gasteiger partial charge >= 0.3 is 6.03 Å². The number of nitrogens with one attached hydrogen (secondary N) is 3. The lowest BCUT2D eigenvalue weighted by molar-refractivity contribution is 0.142. The SMILES string of the molecule is Cc1cccc(NC(=O)Nc2ccc(OC3=N/NCOC/C=C\3)cc2)c1. The Kier molecular flexibility index (Phi) is 5.84. The van der Waals surface area contributed by atoms with E-state index in [1.54, 1.807) is 30.3 Å². The quantitative estimate of drug-likeness (QED) is 0.790. The van der Waals surface area contributed by atoms with E-state index in [0.29, 0.717) is 30.7 Å². The van der Waals surface area contributed by atoms with Crippen molar-refractivity contribution >= 4 is 23.3 Å². The second kappa shape index (κ2) is 8.68. The van der Waals surface area contributed by atoms with Crippen LogP contribution in [0.25, 0.3) is 0 Å². The summed E-state index contributed by atoms with van der Waals surface area (Å²) in [4.78, 5) is 12.1. The number of aryl methyl sites for hydroxylation is 1. The van der Waals surface area contributed by atoms with Gasteiger partial charge < -0.3 is 20.1 Å². The number of anilines is 2. The van der Waals surface area contributed by atoms with Gasteiger partial charge in [0.2, 0.25) is 5.90 Å². The van der Waals surface area contributed by atoms with Gasteiger partial charge in [-0.25, -0.2) is 4.79 Å². The Balaban J connectivity index is 1.56. The molecule has 1 aliphatic heterocycles. The Labute approximate surface area is 151 Å². The monoisotopic (exact) mass is 352 g/mol. The number of urea groups is 1. The van der Waals surface area contributed by atoms with Gasteiger partial charge in [-0.05, 0) is 48.9 Å². The molecular formula is C19H20N4O3. The lowest BCUT2D eigenvalue weighted by Gasteiger charge is -2.11. The molecular weight excluding hydrogens is 332 g/mol. The molecule has 7 nitrogen and oxygen atoms in total. The molecule has 2 aromatic carbocycles. The van der Waals surface area contributed by atoms with Crippen LogP contribution in [0.1, 0.15) is 5.56 Å². The minimum atomic E-state index is -0.305. The third kappa shape index (κ3) is 5.35. The molecule has 0 spiro atoms. The molecule has 1 heterocycles. The Bertz CT molecular complexity index is 816. The number of ether oxygens (including phenoxy) is 2. The predicted octanol–water partition coefficient (Wildman–Crippen LogP) is 3.46. The average Bonchev–Trinajstić information content (AvgIpc) is 2.59. The highest BCUT2D eigenvalue weighted by Gasteiger charge is 2.05. The number of nitrogens with zero attached hydrogens (tertiary/aromatic N) is 1. The smallest absolute Gasteiger partial charge is 0.323 e. The molecule has 0 radical (unpaired) electrons. The van der Waals surface area contributed by atoms with Gasteiger partial charge in [-0.15, -0.1) is 5.10 Å². The molecule has 26 heavy (non-hydrogen) atoms. The zero-order valence-electron chi connectivity index (χ0n) is 14.4. The van der Waals surface area contributed by atoms with Crippen LogP contribution >= 0.6 is 0 Å². The summed E-state index contributed by atoms with van der Waals surface area (Å²) in [5.41, 5.74) is 5.23. The number of benzene rings is 2. The number of rotatable bonds is 3. The largest absolute Gasteiger partial charge is 0.438 e. The second-order valence-corrected chi connectivity index (χ2v) is 5.60. The molecule has 2 amide bonds. The van der Waals surface area contributed by atoms with Crippen LogP contribution < -0.4 is 20.8 Å². The van der Waals surface area contributed by atoms with Crippen molar-refractivity contribution in [3.63, 3.8) is 0 Å². The summed E-state index contributed by atoms with van der Waals surface area (Å²) >= 11 is 0. The van der Waals surface area contributed by atoms with Crippen molar-refractivity contribution < 1.29 is 14.3 Å². The van der Waals surface area contributed by atoms with Gasteiger partial charge in [0.15, 0.2) is 0 Å². The van der Waals surface area contributed by atoms with Crippen molar-refractivity contribution in [3.8, 4) is 5.75 Å². The lowest BCUT2D eigenvalue weighted by atomic mass is 10.2. The normalized spacial score (nSPS) is 16.9. The van der Waals surface area contributed by atoms with Crippen LogP contribution in [0.15, 0.2) is 65.8 Å². The van der Waals surface area contributed by atoms with E-state index in [2.05, 4.69) is 21.2 Å². The molecule has 1 aliphatic rings. The summed E-state index contributed by atoms with van der Waals surface area (Å²) in [6.07, 6.45) is 3.55. The van der Waals surface area contributed by atoms with Crippen LogP contribution in [0.5, 0.6) is 5.75 Å². The number of hydrazone groups is 1. The molecule has 0 saturated heterocycles. The fraction of sp³-hybridized carbons (Fsp3) is 0.158. The summed E-state index contributed by atoms with van der Waals surface area (Å²) < 4.78 is 10.8. The topological polar surface area (TPSA) is 84.0 Å². The van der Waals surface area contributed by atoms with Gasteiger partial charge in [0, 0.05) is 17.5 Å². The average molecular weight is 352 g/mol. The highest BCUT2D eigenvalue weighted by Crippen LogP contribution is 2.17. The van der Waals surface area contributed by atoms with Gasteiger partial charge in [-0.3, -0.25) is 5.43 Å². The molecule has 0 unspecified atom stereocenters. The summed E-state index contributed by atoms with van der Waals surface area (Å²) in [5.74, 6) is 1.05. The van der Waals surface area contributed by atoms with Gasteiger partial charge in [0.05, 0.1) is 6.61 Å². The molecule has 0 saturated carbocycles. The van der Waals surface area contributed by atoms with E-state index >= 15 is 0 Å². The number of amides is 2. The van der Waals surface area contributed by atoms with Crippen LogP contribution in [0.3, 0.4) is 0 Å². The Hall–Kier alpha value is -3.32. The molecule has 0 aliphatic carbocycles. The van der Waals surface area contributed by atoms with E-state index in [-0.39, 0.29) is 6.03 Å². The molecule has 3 rings (SSSR count). The minimum Gasteiger partial charge on any atom is -0.438 e. The Morgan fingerprint density at radius 2 is 1.96 bits per heavy atom. The highest BCUT2D eigenvalue weighted by atomic mass is 16.5. The number of hydrogen-bond acceptors (Lipinski definition) is 5. The fourth-order valence-corrected chi connectivity index (χ4v) is 2.27. The van der Waals surface area contributed by atoms with Gasteiger partial charge in [0.25, 0.3) is 0 Å². The molecule has 0 aromatic heterocycles. The van der Waals surface area contributed by atoms with Gasteiger partial charge in [0.1, 0.15) is 12.5 Å². The molecule has 0 atom stereocenters. The summed E-state index contributed by atoms with van der Waals surface area (Å²) in [6.45, 7) is 2.80. The first-order chi connectivity index (χ1) is 12.7. The highest BCUT2D eigenvalue weighted by molar-refractivity contribution is 5.99. The van der Waals surface area contributed by atoms with Crippen molar-refractivity contribution in [2.24, 2.45) is 5.10 Å². The second-order valence-electron chi connectivity index (χ2n) is 5.60. The Morgan fingerprint density at radius 3 is 2.77 bits per heavy atom. The van der Waals surface area contributed by atoms with Crippen LogP contribution in [0.2, 0.25) is 0 Å². The predicted molar refractivity (Wildman–Crippen MR) is 101 cm³/mol. The third-order valence-electron chi connectivity index (χ3n) is 3.44. The summed E-state index contributed by atoms with van der Waals surface area (Å²) in [7, 11) is 0. The van der Waals surface area contributed by atoms with Crippen LogP contribution in [0, 0.1) is 6.92 Å². The Morgan fingerprint density at radius 1 is 1.15 bits per heavy atom. The fourth-order valence-electron chi connectivity index (χ4n) is 2.27. The zero-order chi connectivity index (χ0) is 18.2. The molecule has 134 valence electrons. The number of hydrogen-bond donors (Lipinski definition) is 3. The lowest BCUT2D eigenvalue weighted by Crippen LogP contribution is -2.20. The van der Waals surface area contributed by atoms with Crippen molar-refractivity contribution in [1.82, 2.24) is 5.43 Å². The van der Waals surface area contributed by atoms with Crippen LogP contribution in [-0.2, 0) is 4.74 Å². The zero-order valence-corrected chi connectivity index (χ0v) is 14.4. The van der Waals surface area contributed by atoms with Gasteiger partial charge in [-0.1, -0.05) is 18.2 Å². The first-order valence-electron chi connectivity index (χ1n) is 8.16. The van der Waals surface area contributed by atoms with E-state index in [1.165, 1.54) is 0 Å². The molecule has 2 aromatic rings. The van der Waals surface area contributed by atoms with Crippen molar-refractivity contribution in [2.75, 3.05) is 24.0 Å². The van der Waals surface area contributed by atoms with Crippen molar-refractivity contribution in [3.05, 3.63) is 66.2 Å². The maximum atomic E-state index is 12.1.